The quantitative estimate of drug-likeness (QED) is 0.782. The third kappa shape index (κ3) is 3.41. The number of hydrogen-bond acceptors (Lipinski definition) is 2. The first kappa shape index (κ1) is 13.3. The fourth-order valence-corrected chi connectivity index (χ4v) is 3.38. The summed E-state index contributed by atoms with van der Waals surface area (Å²) < 4.78 is 0. The van der Waals surface area contributed by atoms with E-state index in [0.29, 0.717) is 4.99 Å². The van der Waals surface area contributed by atoms with E-state index >= 15 is 0 Å². The van der Waals surface area contributed by atoms with Gasteiger partial charge in [0.1, 0.15) is 0 Å². The lowest BCUT2D eigenvalue weighted by molar-refractivity contribution is 0.0805. The van der Waals surface area contributed by atoms with E-state index in [2.05, 4.69) is 18.7 Å². The zero-order valence-electron chi connectivity index (χ0n) is 11.2. The molecule has 0 amide bonds. The number of hydrogen-bond donors (Lipinski definition) is 1. The van der Waals surface area contributed by atoms with Gasteiger partial charge in [0.25, 0.3) is 0 Å². The molecule has 0 radical (unpaired) electrons. The average Bonchev–Trinajstić information content (AvgIpc) is 2.26. The highest BCUT2D eigenvalue weighted by Gasteiger charge is 2.31. The van der Waals surface area contributed by atoms with Gasteiger partial charge in [-0.1, -0.05) is 32.5 Å². The molecule has 1 heterocycles. The summed E-state index contributed by atoms with van der Waals surface area (Å²) in [6.07, 6.45) is 6.94. The van der Waals surface area contributed by atoms with Crippen molar-refractivity contribution in [3.8, 4) is 0 Å². The van der Waals surface area contributed by atoms with Gasteiger partial charge in [0, 0.05) is 18.5 Å². The summed E-state index contributed by atoms with van der Waals surface area (Å²) >= 11 is 5.14. The Labute approximate surface area is 111 Å². The lowest BCUT2D eigenvalue weighted by atomic mass is 9.77. The number of fused-ring (bicyclic) bond motifs is 2. The van der Waals surface area contributed by atoms with Gasteiger partial charge in [-0.15, -0.1) is 0 Å². The zero-order chi connectivity index (χ0) is 12.5. The molecule has 2 atom stereocenters. The SMILES string of the molecule is CC(C)(CCN1CC2CCCC(C2)C1)C(N)=S. The van der Waals surface area contributed by atoms with Crippen LogP contribution in [-0.2, 0) is 0 Å². The summed E-state index contributed by atoms with van der Waals surface area (Å²) in [5.41, 5.74) is 5.81. The predicted molar refractivity (Wildman–Crippen MR) is 77.1 cm³/mol. The van der Waals surface area contributed by atoms with Crippen LogP contribution in [0, 0.1) is 17.3 Å². The summed E-state index contributed by atoms with van der Waals surface area (Å²) in [7, 11) is 0. The topological polar surface area (TPSA) is 29.3 Å². The molecule has 2 fully saturated rings. The van der Waals surface area contributed by atoms with Gasteiger partial charge in [-0.3, -0.25) is 0 Å². The minimum atomic E-state index is 0.0158. The van der Waals surface area contributed by atoms with Gasteiger partial charge in [0.15, 0.2) is 0 Å². The Morgan fingerprint density at radius 1 is 1.29 bits per heavy atom. The van der Waals surface area contributed by atoms with Gasteiger partial charge in [0.05, 0.1) is 4.99 Å². The number of nitrogens with two attached hydrogens (primary N) is 1. The van der Waals surface area contributed by atoms with Crippen LogP contribution in [0.5, 0.6) is 0 Å². The summed E-state index contributed by atoms with van der Waals surface area (Å²) in [4.78, 5) is 3.31. The van der Waals surface area contributed by atoms with Gasteiger partial charge < -0.3 is 10.6 Å². The average molecular weight is 254 g/mol. The lowest BCUT2D eigenvalue weighted by Crippen LogP contribution is -2.44. The molecule has 3 heteroatoms. The number of nitrogens with zero attached hydrogens (tertiary/aromatic N) is 1. The second kappa shape index (κ2) is 5.23. The fraction of sp³-hybridized carbons (Fsp3) is 0.929. The van der Waals surface area contributed by atoms with Gasteiger partial charge in [-0.2, -0.15) is 0 Å². The van der Waals surface area contributed by atoms with E-state index in [9.17, 15) is 0 Å². The van der Waals surface area contributed by atoms with Crippen molar-refractivity contribution >= 4 is 17.2 Å². The van der Waals surface area contributed by atoms with Gasteiger partial charge >= 0.3 is 0 Å². The molecule has 98 valence electrons. The molecule has 1 aliphatic carbocycles. The third-order valence-corrected chi connectivity index (χ3v) is 5.20. The van der Waals surface area contributed by atoms with E-state index < -0.39 is 0 Å². The molecule has 2 bridgehead atoms. The molecule has 17 heavy (non-hydrogen) atoms. The standard InChI is InChI=1S/C14H26N2S/c1-14(2,13(15)17)6-7-16-9-11-4-3-5-12(8-11)10-16/h11-12H,3-10H2,1-2H3,(H2,15,17). The molecule has 2 N–H and O–H groups in total. The molecule has 2 unspecified atom stereocenters. The first-order valence-corrected chi connectivity index (χ1v) is 7.40. The van der Waals surface area contributed by atoms with E-state index in [-0.39, 0.29) is 5.41 Å². The van der Waals surface area contributed by atoms with Crippen molar-refractivity contribution in [2.75, 3.05) is 19.6 Å². The van der Waals surface area contributed by atoms with Crippen LogP contribution in [0.4, 0.5) is 0 Å². The Morgan fingerprint density at radius 3 is 2.41 bits per heavy atom. The Morgan fingerprint density at radius 2 is 1.88 bits per heavy atom. The molecular weight excluding hydrogens is 228 g/mol. The molecule has 0 aromatic rings. The number of likely N-dealkylation sites (tertiary alicyclic amines) is 1. The summed E-state index contributed by atoms with van der Waals surface area (Å²) in [6.45, 7) is 8.12. The van der Waals surface area contributed by atoms with Crippen LogP contribution < -0.4 is 5.73 Å². The van der Waals surface area contributed by atoms with E-state index in [1.165, 1.54) is 38.8 Å². The van der Waals surface area contributed by atoms with Gasteiger partial charge in [-0.25, -0.2) is 0 Å². The van der Waals surface area contributed by atoms with Crippen LogP contribution in [0.2, 0.25) is 0 Å². The first-order chi connectivity index (χ1) is 7.97. The number of piperidine rings is 1. The van der Waals surface area contributed by atoms with Gasteiger partial charge in [-0.05, 0) is 44.1 Å². The highest BCUT2D eigenvalue weighted by Crippen LogP contribution is 2.34. The van der Waals surface area contributed by atoms with Crippen LogP contribution in [0.3, 0.4) is 0 Å². The Balaban J connectivity index is 1.82. The molecule has 1 aliphatic heterocycles. The van der Waals surface area contributed by atoms with Crippen LogP contribution in [0.1, 0.15) is 46.0 Å². The van der Waals surface area contributed by atoms with Crippen LogP contribution in [-0.4, -0.2) is 29.5 Å². The molecule has 0 aromatic carbocycles. The molecular formula is C14H26N2S. The largest absolute Gasteiger partial charge is 0.393 e. The second-order valence-corrected chi connectivity index (χ2v) is 7.10. The Bertz CT molecular complexity index is 276. The summed E-state index contributed by atoms with van der Waals surface area (Å²) in [5.74, 6) is 1.94. The van der Waals surface area contributed by atoms with Crippen molar-refractivity contribution in [2.24, 2.45) is 23.0 Å². The van der Waals surface area contributed by atoms with Crippen molar-refractivity contribution in [3.05, 3.63) is 0 Å². The normalized spacial score (nSPS) is 30.2. The zero-order valence-corrected chi connectivity index (χ0v) is 12.1. The molecule has 1 saturated heterocycles. The minimum absolute atomic E-state index is 0.0158. The van der Waals surface area contributed by atoms with Crippen molar-refractivity contribution in [1.82, 2.24) is 4.90 Å². The van der Waals surface area contributed by atoms with E-state index in [1.807, 2.05) is 0 Å². The van der Waals surface area contributed by atoms with Crippen molar-refractivity contribution in [1.29, 1.82) is 0 Å². The number of rotatable bonds is 4. The fourth-order valence-electron chi connectivity index (χ4n) is 3.28. The van der Waals surface area contributed by atoms with E-state index in [4.69, 9.17) is 18.0 Å². The second-order valence-electron chi connectivity index (χ2n) is 6.66. The highest BCUT2D eigenvalue weighted by molar-refractivity contribution is 7.80. The summed E-state index contributed by atoms with van der Waals surface area (Å²) in [5, 5.41) is 0. The van der Waals surface area contributed by atoms with E-state index in [1.54, 1.807) is 0 Å². The maximum Gasteiger partial charge on any atom is 0.0784 e. The smallest absolute Gasteiger partial charge is 0.0784 e. The summed E-state index contributed by atoms with van der Waals surface area (Å²) in [6, 6.07) is 0. The molecule has 0 spiro atoms. The third-order valence-electron chi connectivity index (χ3n) is 4.64. The van der Waals surface area contributed by atoms with Crippen molar-refractivity contribution in [2.45, 2.75) is 46.0 Å². The van der Waals surface area contributed by atoms with Crippen molar-refractivity contribution < 1.29 is 0 Å². The lowest BCUT2D eigenvalue weighted by Gasteiger charge is -2.42. The molecule has 2 aliphatic rings. The highest BCUT2D eigenvalue weighted by atomic mass is 32.1. The molecule has 2 nitrogen and oxygen atoms in total. The monoisotopic (exact) mass is 254 g/mol. The molecule has 2 rings (SSSR count). The predicted octanol–water partition coefficient (Wildman–Crippen LogP) is 2.81. The van der Waals surface area contributed by atoms with Crippen molar-refractivity contribution in [3.63, 3.8) is 0 Å². The maximum atomic E-state index is 5.79. The minimum Gasteiger partial charge on any atom is -0.393 e. The maximum absolute atomic E-state index is 5.79. The van der Waals surface area contributed by atoms with Crippen LogP contribution >= 0.6 is 12.2 Å². The van der Waals surface area contributed by atoms with Gasteiger partial charge in [0.2, 0.25) is 0 Å². The van der Waals surface area contributed by atoms with Crippen LogP contribution in [0.25, 0.3) is 0 Å². The first-order valence-electron chi connectivity index (χ1n) is 6.99. The Hall–Kier alpha value is -0.150. The number of thiocarbonyl (C=S) groups is 1. The molecule has 1 saturated carbocycles. The van der Waals surface area contributed by atoms with E-state index in [0.717, 1.165) is 24.8 Å². The Kier molecular flexibility index (Phi) is 4.09. The molecule has 0 aromatic heterocycles. The van der Waals surface area contributed by atoms with Crippen LogP contribution in [0.15, 0.2) is 0 Å².